The van der Waals surface area contributed by atoms with Crippen LogP contribution in [0.4, 0.5) is 0 Å². The van der Waals surface area contributed by atoms with Crippen LogP contribution in [0.3, 0.4) is 0 Å². The Hall–Kier alpha value is -2.44. The molecule has 22 heavy (non-hydrogen) atoms. The van der Waals surface area contributed by atoms with Crippen molar-refractivity contribution in [3.63, 3.8) is 0 Å². The Labute approximate surface area is 129 Å². The van der Waals surface area contributed by atoms with Gasteiger partial charge in [-0.15, -0.1) is 0 Å². The number of hydrogen-bond donors (Lipinski definition) is 2. The van der Waals surface area contributed by atoms with Gasteiger partial charge in [-0.1, -0.05) is 6.07 Å². The van der Waals surface area contributed by atoms with Crippen LogP contribution in [-0.2, 0) is 16.0 Å². The van der Waals surface area contributed by atoms with Crippen molar-refractivity contribution in [2.24, 2.45) is 4.99 Å². The van der Waals surface area contributed by atoms with Gasteiger partial charge in [-0.3, -0.25) is 9.79 Å². The van der Waals surface area contributed by atoms with Gasteiger partial charge in [0.1, 0.15) is 0 Å². The fourth-order valence-electron chi connectivity index (χ4n) is 2.03. The zero-order valence-corrected chi connectivity index (χ0v) is 12.8. The van der Waals surface area contributed by atoms with Gasteiger partial charge in [0.25, 0.3) is 0 Å². The third kappa shape index (κ3) is 4.54. The summed E-state index contributed by atoms with van der Waals surface area (Å²) in [5.41, 5.74) is 1.15. The maximum absolute atomic E-state index is 11.0. The summed E-state index contributed by atoms with van der Waals surface area (Å²) in [7, 11) is 3.06. The average molecular weight is 307 g/mol. The van der Waals surface area contributed by atoms with Gasteiger partial charge in [0, 0.05) is 20.1 Å². The van der Waals surface area contributed by atoms with Crippen LogP contribution in [0, 0.1) is 0 Å². The van der Waals surface area contributed by atoms with Gasteiger partial charge in [0.05, 0.1) is 13.5 Å². The van der Waals surface area contributed by atoms with E-state index in [1.807, 2.05) is 18.2 Å². The maximum atomic E-state index is 11.0. The van der Waals surface area contributed by atoms with E-state index in [9.17, 15) is 4.79 Å². The van der Waals surface area contributed by atoms with Crippen LogP contribution in [0.2, 0.25) is 0 Å². The van der Waals surface area contributed by atoms with E-state index >= 15 is 0 Å². The van der Waals surface area contributed by atoms with Gasteiger partial charge in [-0.25, -0.2) is 0 Å². The summed E-state index contributed by atoms with van der Waals surface area (Å²) in [4.78, 5) is 15.1. The zero-order valence-electron chi connectivity index (χ0n) is 12.8. The number of nitrogens with zero attached hydrogens (tertiary/aromatic N) is 1. The number of carbonyl (C=O) groups is 1. The van der Waals surface area contributed by atoms with Gasteiger partial charge in [0.15, 0.2) is 17.5 Å². The number of aliphatic imine (C=N–C) groups is 1. The quantitative estimate of drug-likeness (QED) is 0.457. The number of fused-ring (bicyclic) bond motifs is 1. The number of carbonyl (C=O) groups excluding carboxylic acids is 1. The highest BCUT2D eigenvalue weighted by atomic mass is 16.7. The minimum absolute atomic E-state index is 0.247. The van der Waals surface area contributed by atoms with Crippen LogP contribution in [0.1, 0.15) is 12.0 Å². The number of guanidine groups is 1. The number of nitrogens with one attached hydrogen (secondary N) is 2. The van der Waals surface area contributed by atoms with Crippen molar-refractivity contribution >= 4 is 11.9 Å². The topological polar surface area (TPSA) is 81.2 Å². The van der Waals surface area contributed by atoms with E-state index in [2.05, 4.69) is 20.4 Å². The lowest BCUT2D eigenvalue weighted by Crippen LogP contribution is -2.39. The van der Waals surface area contributed by atoms with Gasteiger partial charge in [-0.2, -0.15) is 0 Å². The predicted molar refractivity (Wildman–Crippen MR) is 82.3 cm³/mol. The van der Waals surface area contributed by atoms with E-state index in [0.29, 0.717) is 18.9 Å². The Morgan fingerprint density at radius 3 is 2.82 bits per heavy atom. The van der Waals surface area contributed by atoms with E-state index in [4.69, 9.17) is 9.47 Å². The molecule has 2 rings (SSSR count). The van der Waals surface area contributed by atoms with E-state index < -0.39 is 0 Å². The van der Waals surface area contributed by atoms with Crippen molar-refractivity contribution < 1.29 is 19.0 Å². The van der Waals surface area contributed by atoms with Crippen LogP contribution in [0.5, 0.6) is 11.5 Å². The molecule has 1 aromatic carbocycles. The normalized spacial score (nSPS) is 12.9. The van der Waals surface area contributed by atoms with Crippen molar-refractivity contribution in [3.05, 3.63) is 23.8 Å². The van der Waals surface area contributed by atoms with Crippen LogP contribution in [0.15, 0.2) is 23.2 Å². The minimum atomic E-state index is -0.247. The summed E-state index contributed by atoms with van der Waals surface area (Å²) in [6, 6.07) is 5.92. The number of benzene rings is 1. The Morgan fingerprint density at radius 2 is 2.05 bits per heavy atom. The summed E-state index contributed by atoms with van der Waals surface area (Å²) in [6.45, 7) is 1.49. The monoisotopic (exact) mass is 307 g/mol. The highest BCUT2D eigenvalue weighted by molar-refractivity contribution is 5.80. The summed E-state index contributed by atoms with van der Waals surface area (Å²) in [5.74, 6) is 1.99. The first-order valence-electron chi connectivity index (χ1n) is 7.13. The lowest BCUT2D eigenvalue weighted by molar-refractivity contribution is -0.140. The van der Waals surface area contributed by atoms with E-state index in [0.717, 1.165) is 30.0 Å². The number of rotatable bonds is 6. The molecule has 0 aromatic heterocycles. The van der Waals surface area contributed by atoms with Crippen LogP contribution in [0.25, 0.3) is 0 Å². The predicted octanol–water partition coefficient (Wildman–Crippen LogP) is 0.686. The molecule has 0 radical (unpaired) electrons. The van der Waals surface area contributed by atoms with Gasteiger partial charge < -0.3 is 24.8 Å². The van der Waals surface area contributed by atoms with Gasteiger partial charge in [0.2, 0.25) is 6.79 Å². The lowest BCUT2D eigenvalue weighted by atomic mass is 10.1. The third-order valence-electron chi connectivity index (χ3n) is 3.22. The lowest BCUT2D eigenvalue weighted by Gasteiger charge is -2.11. The van der Waals surface area contributed by atoms with Crippen LogP contribution >= 0.6 is 0 Å². The molecule has 1 heterocycles. The highest BCUT2D eigenvalue weighted by Crippen LogP contribution is 2.32. The molecule has 0 atom stereocenters. The summed E-state index contributed by atoms with van der Waals surface area (Å²) < 4.78 is 15.2. The highest BCUT2D eigenvalue weighted by Gasteiger charge is 2.12. The Kier molecular flexibility index (Phi) is 5.88. The van der Waals surface area contributed by atoms with E-state index in [-0.39, 0.29) is 12.8 Å². The Morgan fingerprint density at radius 1 is 1.27 bits per heavy atom. The molecule has 1 aromatic rings. The van der Waals surface area contributed by atoms with Crippen molar-refractivity contribution in [1.82, 2.24) is 10.6 Å². The molecule has 7 heteroatoms. The molecule has 0 spiro atoms. The second kappa shape index (κ2) is 8.11. The van der Waals surface area contributed by atoms with E-state index in [1.54, 1.807) is 7.05 Å². The van der Waals surface area contributed by atoms with E-state index in [1.165, 1.54) is 7.11 Å². The molecule has 1 aliphatic rings. The summed E-state index contributed by atoms with van der Waals surface area (Å²) in [6.07, 6.45) is 1.13. The molecular weight excluding hydrogens is 286 g/mol. The van der Waals surface area contributed by atoms with Crippen molar-refractivity contribution in [3.8, 4) is 11.5 Å². The average Bonchev–Trinajstić information content (AvgIpc) is 3.00. The number of ether oxygens (including phenoxy) is 3. The molecule has 0 saturated carbocycles. The van der Waals surface area contributed by atoms with Gasteiger partial charge >= 0.3 is 5.97 Å². The summed E-state index contributed by atoms with van der Waals surface area (Å²) in [5, 5.41) is 6.25. The van der Waals surface area contributed by atoms with Crippen molar-refractivity contribution in [1.29, 1.82) is 0 Å². The fraction of sp³-hybridized carbons (Fsp3) is 0.467. The third-order valence-corrected chi connectivity index (χ3v) is 3.22. The molecule has 0 aliphatic carbocycles. The second-order valence-corrected chi connectivity index (χ2v) is 4.69. The minimum Gasteiger partial charge on any atom is -0.469 e. The molecule has 0 unspecified atom stereocenters. The first-order chi connectivity index (χ1) is 10.7. The molecule has 1 aliphatic heterocycles. The largest absolute Gasteiger partial charge is 0.469 e. The first-order valence-corrected chi connectivity index (χ1v) is 7.13. The molecule has 7 nitrogen and oxygen atoms in total. The van der Waals surface area contributed by atoms with Crippen LogP contribution < -0.4 is 20.1 Å². The number of methoxy groups -OCH3 is 1. The van der Waals surface area contributed by atoms with Crippen LogP contribution in [-0.4, -0.2) is 46.0 Å². The molecule has 0 bridgehead atoms. The van der Waals surface area contributed by atoms with Crippen molar-refractivity contribution in [2.75, 3.05) is 34.0 Å². The summed E-state index contributed by atoms with van der Waals surface area (Å²) >= 11 is 0. The van der Waals surface area contributed by atoms with Gasteiger partial charge in [-0.05, 0) is 24.1 Å². The smallest absolute Gasteiger partial charge is 0.307 e. The second-order valence-electron chi connectivity index (χ2n) is 4.69. The molecule has 0 saturated heterocycles. The molecule has 0 fully saturated rings. The Balaban J connectivity index is 1.71. The SMILES string of the molecule is CN=C(NCCC(=O)OC)NCCc1ccc2c(c1)OCO2. The van der Waals surface area contributed by atoms with Crippen molar-refractivity contribution in [2.45, 2.75) is 12.8 Å². The molecule has 2 N–H and O–H groups in total. The standard InChI is InChI=1S/C15H21N3O4/c1-16-15(18-8-6-14(19)20-2)17-7-5-11-3-4-12-13(9-11)22-10-21-12/h3-4,9H,5-8,10H2,1-2H3,(H2,16,17,18). The fourth-order valence-corrected chi connectivity index (χ4v) is 2.03. The first kappa shape index (κ1) is 15.9. The molecular formula is C15H21N3O4. The maximum Gasteiger partial charge on any atom is 0.307 e. The number of hydrogen-bond acceptors (Lipinski definition) is 5. The Bertz CT molecular complexity index is 546. The number of esters is 1. The molecule has 120 valence electrons. The zero-order chi connectivity index (χ0) is 15.8. The molecule has 0 amide bonds.